The molecular formula is C5H9N3. The van der Waals surface area contributed by atoms with Gasteiger partial charge in [0.05, 0.1) is 6.04 Å². The maximum Gasteiger partial charge on any atom is 0.0628 e. The van der Waals surface area contributed by atoms with Crippen LogP contribution in [0.25, 0.3) is 0 Å². The summed E-state index contributed by atoms with van der Waals surface area (Å²) in [6, 6.07) is 0.565. The molecule has 3 heteroatoms. The van der Waals surface area contributed by atoms with Crippen molar-refractivity contribution in [2.24, 2.45) is 0 Å². The summed E-state index contributed by atoms with van der Waals surface area (Å²) in [5.74, 6) is 0. The highest BCUT2D eigenvalue weighted by Crippen LogP contribution is 2.06. The van der Waals surface area contributed by atoms with E-state index in [0.717, 1.165) is 13.1 Å². The van der Waals surface area contributed by atoms with E-state index in [1.807, 2.05) is 0 Å². The van der Waals surface area contributed by atoms with Crippen LogP contribution in [0.2, 0.25) is 0 Å². The summed E-state index contributed by atoms with van der Waals surface area (Å²) in [5.41, 5.74) is 7.42. The number of nitrogens with one attached hydrogen (secondary N) is 3. The average molecular weight is 111 g/mol. The van der Waals surface area contributed by atoms with Crippen molar-refractivity contribution < 1.29 is 0 Å². The number of hydrogen-bond donors (Lipinski definition) is 3. The van der Waals surface area contributed by atoms with Crippen LogP contribution in [-0.2, 0) is 0 Å². The molecule has 0 saturated carbocycles. The van der Waals surface area contributed by atoms with Crippen molar-refractivity contribution in [3.63, 3.8) is 0 Å². The van der Waals surface area contributed by atoms with Gasteiger partial charge in [0.2, 0.25) is 0 Å². The second kappa shape index (κ2) is 1.47. The van der Waals surface area contributed by atoms with E-state index >= 15 is 0 Å². The molecule has 1 unspecified atom stereocenters. The van der Waals surface area contributed by atoms with Gasteiger partial charge in [0.25, 0.3) is 0 Å². The molecule has 0 amide bonds. The summed E-state index contributed by atoms with van der Waals surface area (Å²) in [4.78, 5) is 0. The first-order valence-corrected chi connectivity index (χ1v) is 2.89. The van der Waals surface area contributed by atoms with Gasteiger partial charge in [0.15, 0.2) is 0 Å². The van der Waals surface area contributed by atoms with Crippen molar-refractivity contribution >= 4 is 0 Å². The molecule has 44 valence electrons. The molecule has 3 nitrogen and oxygen atoms in total. The minimum atomic E-state index is 0.565. The molecule has 0 aliphatic carbocycles. The van der Waals surface area contributed by atoms with Crippen molar-refractivity contribution in [1.29, 1.82) is 0 Å². The van der Waals surface area contributed by atoms with Gasteiger partial charge in [-0.25, -0.2) is 5.43 Å². The van der Waals surface area contributed by atoms with Crippen LogP contribution in [0.15, 0.2) is 11.8 Å². The summed E-state index contributed by atoms with van der Waals surface area (Å²) in [6.07, 6.45) is 2.17. The molecule has 1 saturated heterocycles. The minimum Gasteiger partial charge on any atom is -0.324 e. The summed E-state index contributed by atoms with van der Waals surface area (Å²) < 4.78 is 0. The standard InChI is InChI=1S/C5H9N3/c1-2-6-5-3-7-8-4(1)5/h1,5-8H,2-3H2. The monoisotopic (exact) mass is 111 g/mol. The van der Waals surface area contributed by atoms with E-state index in [4.69, 9.17) is 0 Å². The van der Waals surface area contributed by atoms with Gasteiger partial charge in [0.1, 0.15) is 0 Å². The van der Waals surface area contributed by atoms with Gasteiger partial charge in [-0.05, 0) is 6.08 Å². The van der Waals surface area contributed by atoms with Gasteiger partial charge in [-0.3, -0.25) is 0 Å². The van der Waals surface area contributed by atoms with Gasteiger partial charge >= 0.3 is 0 Å². The highest BCUT2D eigenvalue weighted by atomic mass is 15.4. The molecule has 0 aromatic carbocycles. The molecule has 2 aliphatic heterocycles. The predicted octanol–water partition coefficient (Wildman–Crippen LogP) is -1.05. The lowest BCUT2D eigenvalue weighted by Gasteiger charge is -1.99. The van der Waals surface area contributed by atoms with Crippen molar-refractivity contribution in [2.45, 2.75) is 6.04 Å². The minimum absolute atomic E-state index is 0.565. The third kappa shape index (κ3) is 0.454. The number of hydrazine groups is 1. The SMILES string of the molecule is C1=C2NNCC2NC1. The summed E-state index contributed by atoms with van der Waals surface area (Å²) in [7, 11) is 0. The summed E-state index contributed by atoms with van der Waals surface area (Å²) >= 11 is 0. The van der Waals surface area contributed by atoms with Crippen LogP contribution in [0.3, 0.4) is 0 Å². The maximum absolute atomic E-state index is 3.30. The average Bonchev–Trinajstić information content (AvgIpc) is 2.15. The fraction of sp³-hybridized carbons (Fsp3) is 0.600. The smallest absolute Gasteiger partial charge is 0.0628 e. The van der Waals surface area contributed by atoms with E-state index in [1.165, 1.54) is 5.70 Å². The largest absolute Gasteiger partial charge is 0.324 e. The first-order valence-electron chi connectivity index (χ1n) is 2.89. The third-order valence-corrected chi connectivity index (χ3v) is 1.60. The van der Waals surface area contributed by atoms with Crippen molar-refractivity contribution in [3.05, 3.63) is 11.8 Å². The topological polar surface area (TPSA) is 36.1 Å². The van der Waals surface area contributed by atoms with E-state index in [1.54, 1.807) is 0 Å². The normalized spacial score (nSPS) is 34.0. The lowest BCUT2D eigenvalue weighted by Crippen LogP contribution is -2.27. The van der Waals surface area contributed by atoms with Gasteiger partial charge < -0.3 is 10.7 Å². The molecular weight excluding hydrogens is 102 g/mol. The highest BCUT2D eigenvalue weighted by molar-refractivity contribution is 5.18. The van der Waals surface area contributed by atoms with Crippen molar-refractivity contribution in [1.82, 2.24) is 16.2 Å². The molecule has 1 atom stereocenters. The van der Waals surface area contributed by atoms with Gasteiger partial charge in [-0.15, -0.1) is 0 Å². The Balaban J connectivity index is 2.20. The number of fused-ring (bicyclic) bond motifs is 1. The second-order valence-electron chi connectivity index (χ2n) is 2.13. The molecule has 8 heavy (non-hydrogen) atoms. The number of hydrogen-bond acceptors (Lipinski definition) is 3. The lowest BCUT2D eigenvalue weighted by atomic mass is 10.3. The van der Waals surface area contributed by atoms with E-state index in [-0.39, 0.29) is 0 Å². The lowest BCUT2D eigenvalue weighted by molar-refractivity contribution is 0.646. The van der Waals surface area contributed by atoms with Crippen LogP contribution in [0, 0.1) is 0 Å². The molecule has 1 fully saturated rings. The van der Waals surface area contributed by atoms with E-state index in [9.17, 15) is 0 Å². The molecule has 0 aromatic rings. The van der Waals surface area contributed by atoms with Crippen LogP contribution < -0.4 is 16.2 Å². The highest BCUT2D eigenvalue weighted by Gasteiger charge is 2.22. The van der Waals surface area contributed by atoms with Gasteiger partial charge in [-0.2, -0.15) is 0 Å². The fourth-order valence-electron chi connectivity index (χ4n) is 1.14. The Kier molecular flexibility index (Phi) is 0.797. The van der Waals surface area contributed by atoms with Crippen molar-refractivity contribution in [2.75, 3.05) is 13.1 Å². The van der Waals surface area contributed by atoms with Crippen molar-refractivity contribution in [3.8, 4) is 0 Å². The Morgan fingerprint density at radius 2 is 2.62 bits per heavy atom. The Hall–Kier alpha value is -0.540. The third-order valence-electron chi connectivity index (χ3n) is 1.60. The molecule has 3 N–H and O–H groups in total. The Morgan fingerprint density at radius 1 is 1.62 bits per heavy atom. The zero-order valence-corrected chi connectivity index (χ0v) is 4.57. The Bertz CT molecular complexity index is 130. The Morgan fingerprint density at radius 3 is 3.50 bits per heavy atom. The number of rotatable bonds is 0. The summed E-state index contributed by atoms with van der Waals surface area (Å²) in [6.45, 7) is 2.04. The first-order chi connectivity index (χ1) is 3.97. The van der Waals surface area contributed by atoms with E-state index in [2.05, 4.69) is 22.2 Å². The van der Waals surface area contributed by atoms with Crippen LogP contribution >= 0.6 is 0 Å². The van der Waals surface area contributed by atoms with E-state index in [0.29, 0.717) is 6.04 Å². The van der Waals surface area contributed by atoms with Crippen LogP contribution in [-0.4, -0.2) is 19.1 Å². The zero-order valence-electron chi connectivity index (χ0n) is 4.57. The van der Waals surface area contributed by atoms with Crippen LogP contribution in [0.4, 0.5) is 0 Å². The zero-order chi connectivity index (χ0) is 5.40. The second-order valence-corrected chi connectivity index (χ2v) is 2.13. The predicted molar refractivity (Wildman–Crippen MR) is 31.0 cm³/mol. The van der Waals surface area contributed by atoms with E-state index < -0.39 is 0 Å². The van der Waals surface area contributed by atoms with Crippen LogP contribution in [0.1, 0.15) is 0 Å². The van der Waals surface area contributed by atoms with Gasteiger partial charge in [0, 0.05) is 18.8 Å². The molecule has 2 rings (SSSR count). The molecule has 0 radical (unpaired) electrons. The molecule has 0 spiro atoms. The molecule has 0 aromatic heterocycles. The molecule has 2 aliphatic rings. The maximum atomic E-state index is 3.30. The summed E-state index contributed by atoms with van der Waals surface area (Å²) in [5, 5.41) is 3.30. The quantitative estimate of drug-likeness (QED) is 0.373. The fourth-order valence-corrected chi connectivity index (χ4v) is 1.14. The molecule has 0 bridgehead atoms. The Labute approximate surface area is 48.1 Å². The first kappa shape index (κ1) is 4.35. The van der Waals surface area contributed by atoms with Gasteiger partial charge in [-0.1, -0.05) is 0 Å². The molecule has 2 heterocycles. The van der Waals surface area contributed by atoms with Crippen LogP contribution in [0.5, 0.6) is 0 Å².